The van der Waals surface area contributed by atoms with E-state index in [1.54, 1.807) is 36.4 Å². The summed E-state index contributed by atoms with van der Waals surface area (Å²) >= 11 is 0.952. The van der Waals surface area contributed by atoms with Gasteiger partial charge in [0.2, 0.25) is 0 Å². The summed E-state index contributed by atoms with van der Waals surface area (Å²) in [7, 11) is -3.85. The molecule has 144 valence electrons. The number of rotatable bonds is 6. The molecule has 3 aromatic rings. The molecule has 0 bridgehead atoms. The number of para-hydroxylation sites is 1. The summed E-state index contributed by atoms with van der Waals surface area (Å²) in [5.41, 5.74) is 1.49. The minimum atomic E-state index is -3.85. The Morgan fingerprint density at radius 3 is 2.39 bits per heavy atom. The van der Waals surface area contributed by atoms with Gasteiger partial charge >= 0.3 is 5.97 Å². The van der Waals surface area contributed by atoms with Gasteiger partial charge in [0.25, 0.3) is 15.9 Å². The first-order valence-electron chi connectivity index (χ1n) is 8.08. The molecule has 9 heteroatoms. The van der Waals surface area contributed by atoms with E-state index in [1.807, 2.05) is 6.92 Å². The fourth-order valence-electron chi connectivity index (χ4n) is 2.38. The number of carboxylic acid groups (broad SMARTS) is 1. The average Bonchev–Trinajstić information content (AvgIpc) is 3.15. The Morgan fingerprint density at radius 2 is 1.71 bits per heavy atom. The predicted octanol–water partition coefficient (Wildman–Crippen LogP) is 3.81. The van der Waals surface area contributed by atoms with Gasteiger partial charge in [-0.2, -0.15) is 0 Å². The van der Waals surface area contributed by atoms with Gasteiger partial charge < -0.3 is 10.4 Å². The SMILES string of the molecule is Cc1ccc(NS(=O)(=O)c2csc(C(=O)Nc3ccccc3C(=O)O)c2)cc1. The van der Waals surface area contributed by atoms with E-state index >= 15 is 0 Å². The second kappa shape index (κ2) is 7.83. The van der Waals surface area contributed by atoms with E-state index in [-0.39, 0.29) is 21.0 Å². The first kappa shape index (κ1) is 19.6. The topological polar surface area (TPSA) is 113 Å². The number of nitrogens with one attached hydrogen (secondary N) is 2. The molecule has 0 aliphatic heterocycles. The molecule has 0 radical (unpaired) electrons. The lowest BCUT2D eigenvalue weighted by Crippen LogP contribution is -2.14. The van der Waals surface area contributed by atoms with Gasteiger partial charge in [-0.05, 0) is 37.3 Å². The van der Waals surface area contributed by atoms with Crippen molar-refractivity contribution in [2.24, 2.45) is 0 Å². The first-order chi connectivity index (χ1) is 13.3. The zero-order chi connectivity index (χ0) is 20.3. The molecule has 2 aromatic carbocycles. The Hall–Kier alpha value is -3.17. The molecule has 0 saturated carbocycles. The van der Waals surface area contributed by atoms with Crippen LogP contribution in [0.3, 0.4) is 0 Å². The number of amides is 1. The number of sulfonamides is 1. The van der Waals surface area contributed by atoms with Crippen LogP contribution >= 0.6 is 11.3 Å². The monoisotopic (exact) mass is 416 g/mol. The van der Waals surface area contributed by atoms with E-state index in [4.69, 9.17) is 0 Å². The number of carbonyl (C=O) groups excluding carboxylic acids is 1. The molecular formula is C19H16N2O5S2. The van der Waals surface area contributed by atoms with E-state index in [2.05, 4.69) is 10.0 Å². The summed E-state index contributed by atoms with van der Waals surface area (Å²) in [4.78, 5) is 23.7. The van der Waals surface area contributed by atoms with Crippen molar-refractivity contribution in [1.29, 1.82) is 0 Å². The Balaban J connectivity index is 1.78. The average molecular weight is 416 g/mol. The number of carboxylic acids is 1. The Kier molecular flexibility index (Phi) is 5.48. The molecule has 0 aliphatic rings. The predicted molar refractivity (Wildman–Crippen MR) is 108 cm³/mol. The van der Waals surface area contributed by atoms with Crippen molar-refractivity contribution >= 4 is 44.6 Å². The quantitative estimate of drug-likeness (QED) is 0.566. The van der Waals surface area contributed by atoms with Crippen molar-refractivity contribution in [2.75, 3.05) is 10.0 Å². The molecule has 28 heavy (non-hydrogen) atoms. The van der Waals surface area contributed by atoms with Crippen LogP contribution < -0.4 is 10.0 Å². The number of anilines is 2. The summed E-state index contributed by atoms with van der Waals surface area (Å²) in [6.45, 7) is 1.89. The smallest absolute Gasteiger partial charge is 0.337 e. The summed E-state index contributed by atoms with van der Waals surface area (Å²) < 4.78 is 27.5. The minimum Gasteiger partial charge on any atom is -0.478 e. The van der Waals surface area contributed by atoms with E-state index in [0.29, 0.717) is 5.69 Å². The lowest BCUT2D eigenvalue weighted by molar-refractivity contribution is 0.0698. The normalized spacial score (nSPS) is 11.0. The van der Waals surface area contributed by atoms with E-state index < -0.39 is 21.9 Å². The highest BCUT2D eigenvalue weighted by atomic mass is 32.2. The Labute approximate surface area is 165 Å². The number of thiophene rings is 1. The van der Waals surface area contributed by atoms with Crippen LogP contribution in [0.4, 0.5) is 11.4 Å². The van der Waals surface area contributed by atoms with Crippen LogP contribution in [0.15, 0.2) is 64.9 Å². The van der Waals surface area contributed by atoms with Crippen molar-refractivity contribution < 1.29 is 23.1 Å². The number of hydrogen-bond donors (Lipinski definition) is 3. The van der Waals surface area contributed by atoms with Gasteiger partial charge in [-0.25, -0.2) is 13.2 Å². The maximum absolute atomic E-state index is 12.5. The number of carbonyl (C=O) groups is 2. The number of benzene rings is 2. The van der Waals surface area contributed by atoms with E-state index in [0.717, 1.165) is 16.9 Å². The molecular weight excluding hydrogens is 400 g/mol. The summed E-state index contributed by atoms with van der Waals surface area (Å²) in [5.74, 6) is -1.76. The van der Waals surface area contributed by atoms with Gasteiger partial charge in [0.15, 0.2) is 0 Å². The van der Waals surface area contributed by atoms with E-state index in [1.165, 1.54) is 23.6 Å². The van der Waals surface area contributed by atoms with Gasteiger partial charge in [0.1, 0.15) is 0 Å². The maximum atomic E-state index is 12.5. The molecule has 1 aromatic heterocycles. The summed E-state index contributed by atoms with van der Waals surface area (Å²) in [5, 5.41) is 13.0. The van der Waals surface area contributed by atoms with Crippen LogP contribution in [0.2, 0.25) is 0 Å². The van der Waals surface area contributed by atoms with Crippen LogP contribution in [0.5, 0.6) is 0 Å². The second-order valence-corrected chi connectivity index (χ2v) is 8.52. The minimum absolute atomic E-state index is 0.0465. The van der Waals surface area contributed by atoms with Crippen molar-refractivity contribution in [3.05, 3.63) is 76.0 Å². The molecule has 3 N–H and O–H groups in total. The number of hydrogen-bond acceptors (Lipinski definition) is 5. The zero-order valence-corrected chi connectivity index (χ0v) is 16.3. The highest BCUT2D eigenvalue weighted by Gasteiger charge is 2.20. The second-order valence-electron chi connectivity index (χ2n) is 5.92. The molecule has 1 heterocycles. The molecule has 0 saturated heterocycles. The largest absolute Gasteiger partial charge is 0.478 e. The molecule has 0 spiro atoms. The van der Waals surface area contributed by atoms with Gasteiger partial charge in [-0.1, -0.05) is 29.8 Å². The van der Waals surface area contributed by atoms with E-state index in [9.17, 15) is 23.1 Å². The Morgan fingerprint density at radius 1 is 1.04 bits per heavy atom. The van der Waals surface area contributed by atoms with Crippen molar-refractivity contribution in [3.8, 4) is 0 Å². The standard InChI is InChI=1S/C19H16N2O5S2/c1-12-6-8-13(9-7-12)21-28(25,26)14-10-17(27-11-14)18(22)20-16-5-3-2-4-15(16)19(23)24/h2-11,21H,1H3,(H,20,22)(H,23,24). The van der Waals surface area contributed by atoms with Crippen LogP contribution in [0.1, 0.15) is 25.6 Å². The molecule has 0 fully saturated rings. The highest BCUT2D eigenvalue weighted by molar-refractivity contribution is 7.92. The van der Waals surface area contributed by atoms with Gasteiger partial charge in [-0.3, -0.25) is 9.52 Å². The first-order valence-corrected chi connectivity index (χ1v) is 10.4. The molecule has 0 unspecified atom stereocenters. The van der Waals surface area contributed by atoms with Crippen molar-refractivity contribution in [3.63, 3.8) is 0 Å². The van der Waals surface area contributed by atoms with Crippen LogP contribution in [0, 0.1) is 6.92 Å². The lowest BCUT2D eigenvalue weighted by atomic mass is 10.2. The molecule has 1 amide bonds. The fourth-order valence-corrected chi connectivity index (χ4v) is 4.60. The van der Waals surface area contributed by atoms with Crippen LogP contribution in [-0.4, -0.2) is 25.4 Å². The Bertz CT molecular complexity index is 1140. The van der Waals surface area contributed by atoms with Crippen molar-refractivity contribution in [2.45, 2.75) is 11.8 Å². The van der Waals surface area contributed by atoms with Crippen LogP contribution in [-0.2, 0) is 10.0 Å². The summed E-state index contributed by atoms with van der Waals surface area (Å²) in [6, 6.07) is 14.1. The molecule has 0 atom stereocenters. The third kappa shape index (κ3) is 4.38. The molecule has 7 nitrogen and oxygen atoms in total. The maximum Gasteiger partial charge on any atom is 0.337 e. The zero-order valence-electron chi connectivity index (χ0n) is 14.7. The van der Waals surface area contributed by atoms with Gasteiger partial charge in [-0.15, -0.1) is 11.3 Å². The van der Waals surface area contributed by atoms with Crippen LogP contribution in [0.25, 0.3) is 0 Å². The van der Waals surface area contributed by atoms with Crippen molar-refractivity contribution in [1.82, 2.24) is 0 Å². The van der Waals surface area contributed by atoms with Gasteiger partial charge in [0.05, 0.1) is 21.0 Å². The summed E-state index contributed by atoms with van der Waals surface area (Å²) in [6.07, 6.45) is 0. The third-order valence-electron chi connectivity index (χ3n) is 3.82. The molecule has 0 aliphatic carbocycles. The lowest BCUT2D eigenvalue weighted by Gasteiger charge is -2.07. The molecule has 3 rings (SSSR count). The highest BCUT2D eigenvalue weighted by Crippen LogP contribution is 2.24. The third-order valence-corrected chi connectivity index (χ3v) is 6.26. The van der Waals surface area contributed by atoms with Gasteiger partial charge in [0, 0.05) is 11.1 Å². The fraction of sp³-hybridized carbons (Fsp3) is 0.0526. The number of aryl methyl sites for hydroxylation is 1. The number of aromatic carboxylic acids is 1.